The summed E-state index contributed by atoms with van der Waals surface area (Å²) in [5.74, 6) is -0.838. The molecule has 1 atom stereocenters. The van der Waals surface area contributed by atoms with Gasteiger partial charge in [0.25, 0.3) is 0 Å². The molecule has 0 aromatic carbocycles. The monoisotopic (exact) mass is 1150 g/mol. The third-order valence-electron chi connectivity index (χ3n) is 16.9. The molecule has 0 saturated carbocycles. The lowest BCUT2D eigenvalue weighted by molar-refractivity contribution is -0.167. The van der Waals surface area contributed by atoms with Crippen LogP contribution in [0.15, 0.2) is 36.5 Å². The molecule has 0 aromatic heterocycles. The van der Waals surface area contributed by atoms with Crippen LogP contribution in [0.5, 0.6) is 0 Å². The second kappa shape index (κ2) is 71.1. The fourth-order valence-corrected chi connectivity index (χ4v) is 11.3. The van der Waals surface area contributed by atoms with Crippen LogP contribution in [0.1, 0.15) is 412 Å². The molecule has 0 radical (unpaired) electrons. The molecule has 0 saturated heterocycles. The maximum Gasteiger partial charge on any atom is 0.306 e. The SMILES string of the molecule is CCCCCCC/C=C\C/C=C\C/C=C\CCCCCCCCCCCCCCCCCCCCC(=O)OCC(COC(=O)CCCCCCCCCC)OC(=O)CCCCCCCCCCCCCCCCCCCCCCCCC. The van der Waals surface area contributed by atoms with Crippen molar-refractivity contribution in [3.8, 4) is 0 Å². The number of rotatable bonds is 69. The van der Waals surface area contributed by atoms with Gasteiger partial charge < -0.3 is 14.2 Å². The van der Waals surface area contributed by atoms with Gasteiger partial charge in [-0.05, 0) is 57.8 Å². The molecule has 0 bridgehead atoms. The largest absolute Gasteiger partial charge is 0.462 e. The topological polar surface area (TPSA) is 78.9 Å². The van der Waals surface area contributed by atoms with Crippen molar-refractivity contribution >= 4 is 17.9 Å². The first-order valence-electron chi connectivity index (χ1n) is 37.0. The van der Waals surface area contributed by atoms with Crippen molar-refractivity contribution in [2.24, 2.45) is 0 Å². The average Bonchev–Trinajstić information content (AvgIpc) is 3.47. The fraction of sp³-hybridized carbons (Fsp3) is 0.882. The summed E-state index contributed by atoms with van der Waals surface area (Å²) in [6.45, 7) is 6.68. The van der Waals surface area contributed by atoms with Crippen molar-refractivity contribution in [2.45, 2.75) is 419 Å². The fourth-order valence-electron chi connectivity index (χ4n) is 11.3. The van der Waals surface area contributed by atoms with Crippen molar-refractivity contribution in [2.75, 3.05) is 13.2 Å². The van der Waals surface area contributed by atoms with E-state index in [0.29, 0.717) is 19.3 Å². The van der Waals surface area contributed by atoms with E-state index in [2.05, 4.69) is 57.2 Å². The molecule has 0 aliphatic carbocycles. The molecule has 0 aromatic rings. The highest BCUT2D eigenvalue weighted by Gasteiger charge is 2.20. The summed E-state index contributed by atoms with van der Waals surface area (Å²) in [5.41, 5.74) is 0. The van der Waals surface area contributed by atoms with Crippen LogP contribution in [0.2, 0.25) is 0 Å². The Kier molecular flexibility index (Phi) is 69.1. The van der Waals surface area contributed by atoms with Gasteiger partial charge in [-0.25, -0.2) is 0 Å². The third-order valence-corrected chi connectivity index (χ3v) is 16.9. The second-order valence-corrected chi connectivity index (χ2v) is 25.2. The molecule has 0 heterocycles. The van der Waals surface area contributed by atoms with E-state index in [1.807, 2.05) is 0 Å². The van der Waals surface area contributed by atoms with Crippen molar-refractivity contribution in [3.63, 3.8) is 0 Å². The van der Waals surface area contributed by atoms with Crippen LogP contribution in [-0.2, 0) is 28.6 Å². The second-order valence-electron chi connectivity index (χ2n) is 25.2. The number of hydrogen-bond acceptors (Lipinski definition) is 6. The van der Waals surface area contributed by atoms with E-state index >= 15 is 0 Å². The molecule has 0 N–H and O–H groups in total. The minimum absolute atomic E-state index is 0.0649. The molecule has 0 rings (SSSR count). The first kappa shape index (κ1) is 79.6. The van der Waals surface area contributed by atoms with Gasteiger partial charge in [0.2, 0.25) is 0 Å². The number of esters is 3. The lowest BCUT2D eigenvalue weighted by atomic mass is 10.0. The van der Waals surface area contributed by atoms with E-state index in [1.165, 1.54) is 302 Å². The number of unbranched alkanes of at least 4 members (excludes halogenated alkanes) is 52. The van der Waals surface area contributed by atoms with Gasteiger partial charge in [0, 0.05) is 19.3 Å². The van der Waals surface area contributed by atoms with E-state index in [4.69, 9.17) is 14.2 Å². The molecule has 0 amide bonds. The molecule has 6 nitrogen and oxygen atoms in total. The van der Waals surface area contributed by atoms with Crippen LogP contribution in [0.4, 0.5) is 0 Å². The van der Waals surface area contributed by atoms with Crippen LogP contribution >= 0.6 is 0 Å². The van der Waals surface area contributed by atoms with Gasteiger partial charge >= 0.3 is 17.9 Å². The molecule has 6 heteroatoms. The first-order chi connectivity index (χ1) is 40.5. The van der Waals surface area contributed by atoms with Crippen molar-refractivity contribution < 1.29 is 28.6 Å². The Morgan fingerprint density at radius 3 is 0.683 bits per heavy atom. The Bertz CT molecular complexity index is 1370. The summed E-state index contributed by atoms with van der Waals surface area (Å²) < 4.78 is 16.9. The van der Waals surface area contributed by atoms with Crippen molar-refractivity contribution in [1.82, 2.24) is 0 Å². The summed E-state index contributed by atoms with van der Waals surface area (Å²) in [4.78, 5) is 38.3. The summed E-state index contributed by atoms with van der Waals surface area (Å²) >= 11 is 0. The normalized spacial score (nSPS) is 12.2. The number of carbonyl (C=O) groups is 3. The van der Waals surface area contributed by atoms with Gasteiger partial charge in [0.05, 0.1) is 0 Å². The Balaban J connectivity index is 4.01. The predicted octanol–water partition coefficient (Wildman–Crippen LogP) is 25.5. The molecular weight excluding hydrogens is 1010 g/mol. The highest BCUT2D eigenvalue weighted by atomic mass is 16.6. The van der Waals surface area contributed by atoms with Gasteiger partial charge in [-0.2, -0.15) is 0 Å². The zero-order valence-corrected chi connectivity index (χ0v) is 55.5. The standard InChI is InChI=1S/C76H142O6/c1-4-7-10-13-16-19-21-23-25-27-29-31-33-34-35-36-37-38-39-40-41-42-44-45-47-49-51-53-55-57-60-63-66-69-75(78)81-72-73(71-80-74(77)68-65-62-59-18-15-12-9-6-3)82-76(79)70-67-64-61-58-56-54-52-50-48-46-43-32-30-28-26-24-22-20-17-14-11-8-5-2/h21,23,27,29,33-34,73H,4-20,22,24-26,28,30-32,35-72H2,1-3H3/b23-21-,29-27-,34-33-. The van der Waals surface area contributed by atoms with E-state index in [0.717, 1.165) is 70.6 Å². The number of hydrogen-bond donors (Lipinski definition) is 0. The van der Waals surface area contributed by atoms with Crippen LogP contribution in [0.25, 0.3) is 0 Å². The lowest BCUT2D eigenvalue weighted by Crippen LogP contribution is -2.30. The van der Waals surface area contributed by atoms with Crippen molar-refractivity contribution in [1.29, 1.82) is 0 Å². The minimum Gasteiger partial charge on any atom is -0.462 e. The molecule has 0 spiro atoms. The Morgan fingerprint density at radius 1 is 0.244 bits per heavy atom. The summed E-state index contributed by atoms with van der Waals surface area (Å²) in [6, 6.07) is 0. The highest BCUT2D eigenvalue weighted by Crippen LogP contribution is 2.19. The number of allylic oxidation sites excluding steroid dienone is 6. The zero-order valence-electron chi connectivity index (χ0n) is 55.5. The maximum atomic E-state index is 12.9. The van der Waals surface area contributed by atoms with Crippen LogP contribution in [0, 0.1) is 0 Å². The summed E-state index contributed by atoms with van der Waals surface area (Å²) in [7, 11) is 0. The Hall–Kier alpha value is -2.37. The first-order valence-corrected chi connectivity index (χ1v) is 37.0. The van der Waals surface area contributed by atoms with E-state index < -0.39 is 6.10 Å². The molecule has 0 fully saturated rings. The summed E-state index contributed by atoms with van der Waals surface area (Å²) in [5, 5.41) is 0. The van der Waals surface area contributed by atoms with Crippen LogP contribution in [0.3, 0.4) is 0 Å². The molecular formula is C76H142O6. The van der Waals surface area contributed by atoms with E-state index in [1.54, 1.807) is 0 Å². The van der Waals surface area contributed by atoms with E-state index in [-0.39, 0.29) is 31.1 Å². The number of carbonyl (C=O) groups excluding carboxylic acids is 3. The van der Waals surface area contributed by atoms with Crippen LogP contribution < -0.4 is 0 Å². The smallest absolute Gasteiger partial charge is 0.306 e. The van der Waals surface area contributed by atoms with Gasteiger partial charge in [0.15, 0.2) is 6.10 Å². The maximum absolute atomic E-state index is 12.9. The highest BCUT2D eigenvalue weighted by molar-refractivity contribution is 5.71. The third kappa shape index (κ3) is 68.4. The average molecular weight is 1150 g/mol. The van der Waals surface area contributed by atoms with Gasteiger partial charge in [-0.1, -0.05) is 372 Å². The molecule has 0 aliphatic rings. The number of ether oxygens (including phenoxy) is 3. The van der Waals surface area contributed by atoms with Gasteiger partial charge in [-0.3, -0.25) is 14.4 Å². The molecule has 82 heavy (non-hydrogen) atoms. The molecule has 482 valence electrons. The zero-order chi connectivity index (χ0) is 59.2. The lowest BCUT2D eigenvalue weighted by Gasteiger charge is -2.18. The Labute approximate surface area is 512 Å². The molecule has 1 unspecified atom stereocenters. The van der Waals surface area contributed by atoms with Crippen molar-refractivity contribution in [3.05, 3.63) is 36.5 Å². The summed E-state index contributed by atoms with van der Waals surface area (Å²) in [6.07, 6.45) is 89.3. The quantitative estimate of drug-likeness (QED) is 0.0261. The minimum atomic E-state index is -0.766. The van der Waals surface area contributed by atoms with Gasteiger partial charge in [-0.15, -0.1) is 0 Å². The van der Waals surface area contributed by atoms with Gasteiger partial charge in [0.1, 0.15) is 13.2 Å². The predicted molar refractivity (Wildman–Crippen MR) is 358 cm³/mol. The molecule has 0 aliphatic heterocycles. The van der Waals surface area contributed by atoms with E-state index in [9.17, 15) is 14.4 Å². The Morgan fingerprint density at radius 2 is 0.439 bits per heavy atom. The van der Waals surface area contributed by atoms with Crippen LogP contribution in [-0.4, -0.2) is 37.2 Å².